The van der Waals surface area contributed by atoms with Crippen molar-refractivity contribution < 1.29 is 19.4 Å². The molecule has 0 spiro atoms. The van der Waals surface area contributed by atoms with Crippen molar-refractivity contribution in [2.75, 3.05) is 13.6 Å². The van der Waals surface area contributed by atoms with E-state index in [-0.39, 0.29) is 24.8 Å². The molecule has 1 aromatic rings. The van der Waals surface area contributed by atoms with Crippen molar-refractivity contribution in [1.82, 2.24) is 4.90 Å². The zero-order chi connectivity index (χ0) is 14.0. The first kappa shape index (κ1) is 13.4. The van der Waals surface area contributed by atoms with Gasteiger partial charge in [-0.05, 0) is 6.07 Å². The molecule has 0 saturated carbocycles. The Morgan fingerprint density at radius 2 is 2.05 bits per heavy atom. The van der Waals surface area contributed by atoms with Crippen LogP contribution in [0, 0.1) is 0 Å². The molecular formula is C14H17NO4. The average molecular weight is 263 g/mol. The Hall–Kier alpha value is -2.04. The number of carboxylic acids is 1. The van der Waals surface area contributed by atoms with Crippen LogP contribution >= 0.6 is 0 Å². The topological polar surface area (TPSA) is 66.8 Å². The monoisotopic (exact) mass is 263 g/mol. The number of ether oxygens (including phenoxy) is 1. The van der Waals surface area contributed by atoms with E-state index in [2.05, 4.69) is 0 Å². The van der Waals surface area contributed by atoms with E-state index in [0.717, 1.165) is 11.3 Å². The molecule has 1 heterocycles. The molecule has 2 rings (SSSR count). The van der Waals surface area contributed by atoms with Crippen LogP contribution in [0.15, 0.2) is 24.3 Å². The van der Waals surface area contributed by atoms with E-state index in [1.54, 1.807) is 7.05 Å². The number of amides is 1. The maximum absolute atomic E-state index is 12.2. The molecule has 1 aliphatic heterocycles. The number of benzene rings is 1. The van der Waals surface area contributed by atoms with Gasteiger partial charge < -0.3 is 14.7 Å². The van der Waals surface area contributed by atoms with E-state index in [9.17, 15) is 9.59 Å². The quantitative estimate of drug-likeness (QED) is 0.893. The fourth-order valence-corrected chi connectivity index (χ4v) is 2.22. The molecule has 1 aliphatic rings. The Labute approximate surface area is 111 Å². The summed E-state index contributed by atoms with van der Waals surface area (Å²) in [6, 6.07) is 7.58. The summed E-state index contributed by atoms with van der Waals surface area (Å²) >= 11 is 0. The molecule has 0 fully saturated rings. The lowest BCUT2D eigenvalue weighted by Crippen LogP contribution is -2.41. The maximum Gasteiger partial charge on any atom is 0.305 e. The van der Waals surface area contributed by atoms with Gasteiger partial charge in [0.1, 0.15) is 5.75 Å². The zero-order valence-corrected chi connectivity index (χ0v) is 11.0. The van der Waals surface area contributed by atoms with Crippen molar-refractivity contribution >= 4 is 11.9 Å². The maximum atomic E-state index is 12.2. The van der Waals surface area contributed by atoms with E-state index in [0.29, 0.717) is 0 Å². The Bertz CT molecular complexity index is 500. The second-order valence-corrected chi connectivity index (χ2v) is 4.77. The van der Waals surface area contributed by atoms with Crippen LogP contribution < -0.4 is 4.74 Å². The average Bonchev–Trinajstić information content (AvgIpc) is 2.73. The largest absolute Gasteiger partial charge is 0.481 e. The number of carboxylic acid groups (broad SMARTS) is 1. The van der Waals surface area contributed by atoms with Gasteiger partial charge in [0.2, 0.25) is 0 Å². The van der Waals surface area contributed by atoms with E-state index in [1.165, 1.54) is 4.90 Å². The Kier molecular flexibility index (Phi) is 3.74. The molecule has 5 nitrogen and oxygen atoms in total. The van der Waals surface area contributed by atoms with Crippen LogP contribution in [0.25, 0.3) is 0 Å². The molecule has 5 heteroatoms. The van der Waals surface area contributed by atoms with Gasteiger partial charge in [0.15, 0.2) is 6.10 Å². The number of likely N-dealkylation sites (N-methyl/N-ethyl adjacent to an activating group) is 1. The highest BCUT2D eigenvalue weighted by atomic mass is 16.5. The van der Waals surface area contributed by atoms with Crippen molar-refractivity contribution in [3.63, 3.8) is 0 Å². The third-order valence-corrected chi connectivity index (χ3v) is 3.40. The van der Waals surface area contributed by atoms with Gasteiger partial charge in [0.25, 0.3) is 5.91 Å². The minimum absolute atomic E-state index is 0.0176. The molecule has 2 atom stereocenters. The van der Waals surface area contributed by atoms with Gasteiger partial charge in [-0.25, -0.2) is 0 Å². The fourth-order valence-electron chi connectivity index (χ4n) is 2.22. The third-order valence-electron chi connectivity index (χ3n) is 3.40. The zero-order valence-electron chi connectivity index (χ0n) is 11.0. The van der Waals surface area contributed by atoms with E-state index < -0.39 is 12.1 Å². The predicted octanol–water partition coefficient (Wildman–Crippen LogP) is 1.48. The molecular weight excluding hydrogens is 246 g/mol. The highest BCUT2D eigenvalue weighted by Gasteiger charge is 2.37. The van der Waals surface area contributed by atoms with Gasteiger partial charge in [-0.15, -0.1) is 0 Å². The first-order valence-corrected chi connectivity index (χ1v) is 6.23. The number of hydrogen-bond donors (Lipinski definition) is 1. The van der Waals surface area contributed by atoms with Crippen molar-refractivity contribution in [3.8, 4) is 5.75 Å². The Morgan fingerprint density at radius 1 is 1.37 bits per heavy atom. The second-order valence-electron chi connectivity index (χ2n) is 4.77. The van der Waals surface area contributed by atoms with Gasteiger partial charge in [-0.3, -0.25) is 9.59 Å². The summed E-state index contributed by atoms with van der Waals surface area (Å²) in [6.07, 6.45) is -0.618. The Balaban J connectivity index is 2.04. The summed E-state index contributed by atoms with van der Waals surface area (Å²) in [4.78, 5) is 24.2. The fraction of sp³-hybridized carbons (Fsp3) is 0.429. The van der Waals surface area contributed by atoms with Gasteiger partial charge in [-0.2, -0.15) is 0 Å². The van der Waals surface area contributed by atoms with Crippen LogP contribution in [0.4, 0.5) is 0 Å². The number of rotatable bonds is 4. The number of fused-ring (bicyclic) bond motifs is 1. The number of nitrogens with zero attached hydrogens (tertiary/aromatic N) is 1. The summed E-state index contributed by atoms with van der Waals surface area (Å²) in [5, 5.41) is 8.63. The molecule has 1 aromatic carbocycles. The highest BCUT2D eigenvalue weighted by Crippen LogP contribution is 2.38. The minimum Gasteiger partial charge on any atom is -0.481 e. The molecule has 0 aliphatic carbocycles. The third kappa shape index (κ3) is 2.70. The molecule has 0 bridgehead atoms. The van der Waals surface area contributed by atoms with Crippen LogP contribution in [-0.2, 0) is 9.59 Å². The van der Waals surface area contributed by atoms with Crippen LogP contribution in [0.1, 0.15) is 24.8 Å². The molecule has 0 aromatic heterocycles. The summed E-state index contributed by atoms with van der Waals surface area (Å²) in [5.41, 5.74) is 1.02. The van der Waals surface area contributed by atoms with Crippen LogP contribution in [0.5, 0.6) is 5.75 Å². The summed E-state index contributed by atoms with van der Waals surface area (Å²) < 4.78 is 5.67. The highest BCUT2D eigenvalue weighted by molar-refractivity contribution is 5.83. The first-order valence-electron chi connectivity index (χ1n) is 6.23. The van der Waals surface area contributed by atoms with Crippen molar-refractivity contribution in [3.05, 3.63) is 29.8 Å². The Morgan fingerprint density at radius 3 is 2.68 bits per heavy atom. The van der Waals surface area contributed by atoms with E-state index >= 15 is 0 Å². The summed E-state index contributed by atoms with van der Waals surface area (Å²) in [6.45, 7) is 2.14. The lowest BCUT2D eigenvalue weighted by molar-refractivity contribution is -0.140. The molecule has 1 N–H and O–H groups in total. The number of aliphatic carboxylic acids is 1. The first-order chi connectivity index (χ1) is 9.00. The number of carbonyl (C=O) groups is 2. The minimum atomic E-state index is -0.914. The van der Waals surface area contributed by atoms with Gasteiger partial charge in [-0.1, -0.05) is 25.1 Å². The van der Waals surface area contributed by atoms with Crippen LogP contribution in [0.2, 0.25) is 0 Å². The molecule has 1 amide bonds. The van der Waals surface area contributed by atoms with Crippen LogP contribution in [-0.4, -0.2) is 41.6 Å². The summed E-state index contributed by atoms with van der Waals surface area (Å²) in [5.74, 6) is -0.371. The number of hydrogen-bond acceptors (Lipinski definition) is 3. The van der Waals surface area contributed by atoms with Crippen molar-refractivity contribution in [2.24, 2.45) is 0 Å². The van der Waals surface area contributed by atoms with Gasteiger partial charge >= 0.3 is 5.97 Å². The van der Waals surface area contributed by atoms with Crippen LogP contribution in [0.3, 0.4) is 0 Å². The SMILES string of the molecule is C[C@@H]1c2ccccc2O[C@@H]1C(=O)N(C)CCC(=O)O. The predicted molar refractivity (Wildman–Crippen MR) is 69.2 cm³/mol. The molecule has 102 valence electrons. The molecule has 19 heavy (non-hydrogen) atoms. The lowest BCUT2D eigenvalue weighted by Gasteiger charge is -2.22. The number of para-hydroxylation sites is 1. The van der Waals surface area contributed by atoms with E-state index in [1.807, 2.05) is 31.2 Å². The van der Waals surface area contributed by atoms with Crippen molar-refractivity contribution in [2.45, 2.75) is 25.4 Å². The molecule has 0 unspecified atom stereocenters. The lowest BCUT2D eigenvalue weighted by atomic mass is 9.97. The molecule has 0 radical (unpaired) electrons. The smallest absolute Gasteiger partial charge is 0.305 e. The molecule has 0 saturated heterocycles. The normalized spacial score (nSPS) is 20.5. The summed E-state index contributed by atoms with van der Waals surface area (Å²) in [7, 11) is 1.60. The number of carbonyl (C=O) groups excluding carboxylic acids is 1. The van der Waals surface area contributed by atoms with Gasteiger partial charge in [0.05, 0.1) is 6.42 Å². The van der Waals surface area contributed by atoms with Gasteiger partial charge in [0, 0.05) is 25.1 Å². The second kappa shape index (κ2) is 5.30. The van der Waals surface area contributed by atoms with Crippen molar-refractivity contribution in [1.29, 1.82) is 0 Å². The van der Waals surface area contributed by atoms with E-state index in [4.69, 9.17) is 9.84 Å². The standard InChI is InChI=1S/C14H17NO4/c1-9-10-5-3-4-6-11(10)19-13(9)14(18)15(2)8-7-12(16)17/h3-6,9,13H,7-8H2,1-2H3,(H,16,17)/t9-,13+/m1/s1.